The number of nitrogens with one attached hydrogen (secondary N) is 6. The Labute approximate surface area is 344 Å². The SMILES string of the molecule is NC(N)=NCCC[C@H](NC(=O)[C@H](Cc1ccccc1)NC(=O)[C@H](CC1C=NC=N1)NC(=O)[C@@H](N)CCC(=O)O)C(=O)N[C@@H](Cc1c[nH]c2ccccc12)C(=O)NCC(=O)O. The minimum Gasteiger partial charge on any atom is -0.481 e. The summed E-state index contributed by atoms with van der Waals surface area (Å²) in [7, 11) is 0. The third-order valence-electron chi connectivity index (χ3n) is 9.34. The number of aromatic amines is 1. The molecule has 1 aromatic heterocycles. The number of carbonyl (C=O) groups excluding carboxylic acids is 5. The summed E-state index contributed by atoms with van der Waals surface area (Å²) in [6, 6.07) is 8.80. The number of H-pyrrole nitrogens is 1. The number of guanidine groups is 1. The average molecular weight is 831 g/mol. The van der Waals surface area contributed by atoms with Gasteiger partial charge in [0.05, 0.1) is 12.1 Å². The van der Waals surface area contributed by atoms with E-state index in [-0.39, 0.29) is 57.5 Å². The molecule has 21 nitrogen and oxygen atoms in total. The molecule has 5 amide bonds. The summed E-state index contributed by atoms with van der Waals surface area (Å²) < 4.78 is 0. The number of rotatable bonds is 24. The summed E-state index contributed by atoms with van der Waals surface area (Å²) in [6.07, 6.45) is 3.78. The lowest BCUT2D eigenvalue weighted by Gasteiger charge is -2.27. The third-order valence-corrected chi connectivity index (χ3v) is 9.34. The van der Waals surface area contributed by atoms with E-state index < -0.39 is 84.3 Å². The number of fused-ring (bicyclic) bond motifs is 1. The first kappa shape index (κ1) is 45.5. The fraction of sp³-hybridized carbons (Fsp3) is 0.385. The van der Waals surface area contributed by atoms with E-state index in [9.17, 15) is 38.7 Å². The highest BCUT2D eigenvalue weighted by atomic mass is 16.4. The first-order chi connectivity index (χ1) is 28.7. The van der Waals surface area contributed by atoms with E-state index in [1.165, 1.54) is 12.6 Å². The molecule has 320 valence electrons. The molecule has 21 heteroatoms. The van der Waals surface area contributed by atoms with Crippen molar-refractivity contribution in [2.45, 2.75) is 81.2 Å². The van der Waals surface area contributed by atoms with Crippen LogP contribution in [0.3, 0.4) is 0 Å². The van der Waals surface area contributed by atoms with Crippen molar-refractivity contribution in [1.82, 2.24) is 31.6 Å². The van der Waals surface area contributed by atoms with Crippen molar-refractivity contribution in [3.05, 3.63) is 71.9 Å². The monoisotopic (exact) mass is 830 g/mol. The van der Waals surface area contributed by atoms with Crippen molar-refractivity contribution in [3.8, 4) is 0 Å². The van der Waals surface area contributed by atoms with Gasteiger partial charge in [-0.15, -0.1) is 0 Å². The van der Waals surface area contributed by atoms with Crippen LogP contribution >= 0.6 is 0 Å². The molecule has 1 unspecified atom stereocenters. The number of amides is 5. The lowest BCUT2D eigenvalue weighted by molar-refractivity contribution is -0.139. The second kappa shape index (κ2) is 22.7. The van der Waals surface area contributed by atoms with Gasteiger partial charge in [0.25, 0.3) is 0 Å². The number of nitrogens with zero attached hydrogens (tertiary/aromatic N) is 3. The van der Waals surface area contributed by atoms with E-state index in [4.69, 9.17) is 22.3 Å². The number of hydrogen-bond donors (Lipinski definition) is 11. The van der Waals surface area contributed by atoms with Crippen LogP contribution in [0.5, 0.6) is 0 Å². The van der Waals surface area contributed by atoms with Crippen LogP contribution in [0.4, 0.5) is 0 Å². The van der Waals surface area contributed by atoms with Crippen LogP contribution in [0.15, 0.2) is 75.8 Å². The number of aromatic nitrogens is 1. The Morgan fingerprint density at radius 2 is 1.38 bits per heavy atom. The molecule has 0 radical (unpaired) electrons. The molecule has 60 heavy (non-hydrogen) atoms. The molecular formula is C39H50N12O9. The summed E-state index contributed by atoms with van der Waals surface area (Å²) in [5, 5.41) is 32.0. The largest absolute Gasteiger partial charge is 0.481 e. The van der Waals surface area contributed by atoms with Gasteiger partial charge in [0.15, 0.2) is 5.96 Å². The fourth-order valence-electron chi connectivity index (χ4n) is 6.25. The van der Waals surface area contributed by atoms with E-state index in [0.717, 1.165) is 10.9 Å². The number of aliphatic carboxylic acids is 2. The van der Waals surface area contributed by atoms with Gasteiger partial charge in [-0.3, -0.25) is 43.5 Å². The minimum atomic E-state index is -1.34. The predicted molar refractivity (Wildman–Crippen MR) is 221 cm³/mol. The molecule has 6 atom stereocenters. The number of carbonyl (C=O) groups is 7. The summed E-state index contributed by atoms with van der Waals surface area (Å²) in [5.74, 6) is -6.65. The van der Waals surface area contributed by atoms with Gasteiger partial charge in [0.2, 0.25) is 29.5 Å². The van der Waals surface area contributed by atoms with Gasteiger partial charge in [-0.2, -0.15) is 0 Å². The average Bonchev–Trinajstić information content (AvgIpc) is 3.89. The van der Waals surface area contributed by atoms with Crippen molar-refractivity contribution >= 4 is 70.9 Å². The number of aliphatic imine (C=N–C) groups is 3. The van der Waals surface area contributed by atoms with Crippen LogP contribution in [0, 0.1) is 0 Å². The molecule has 2 aromatic carbocycles. The van der Waals surface area contributed by atoms with Crippen molar-refractivity contribution in [2.24, 2.45) is 32.2 Å². The van der Waals surface area contributed by atoms with E-state index in [1.807, 2.05) is 18.2 Å². The molecule has 3 aromatic rings. The highest BCUT2D eigenvalue weighted by Crippen LogP contribution is 2.19. The minimum absolute atomic E-state index is 0.0388. The maximum atomic E-state index is 14.3. The molecule has 14 N–H and O–H groups in total. The number of nitrogens with two attached hydrogens (primary N) is 3. The van der Waals surface area contributed by atoms with Crippen LogP contribution in [0.2, 0.25) is 0 Å². The highest BCUT2D eigenvalue weighted by molar-refractivity contribution is 5.97. The van der Waals surface area contributed by atoms with E-state index in [0.29, 0.717) is 11.1 Å². The molecule has 0 fully saturated rings. The van der Waals surface area contributed by atoms with Crippen LogP contribution in [-0.2, 0) is 46.4 Å². The molecule has 0 saturated heterocycles. The van der Waals surface area contributed by atoms with Gasteiger partial charge in [-0.05, 0) is 36.5 Å². The number of carboxylic acid groups (broad SMARTS) is 2. The number of carboxylic acids is 2. The molecule has 1 aliphatic rings. The molecule has 0 aliphatic carbocycles. The van der Waals surface area contributed by atoms with Crippen LogP contribution in [0.1, 0.15) is 43.2 Å². The Kier molecular flexibility index (Phi) is 17.2. The van der Waals surface area contributed by atoms with E-state index in [2.05, 4.69) is 46.5 Å². The zero-order valence-electron chi connectivity index (χ0n) is 32.6. The molecule has 0 spiro atoms. The van der Waals surface area contributed by atoms with Gasteiger partial charge in [-0.25, -0.2) is 4.99 Å². The fourth-order valence-corrected chi connectivity index (χ4v) is 6.25. The number of hydrogen-bond acceptors (Lipinski definition) is 11. The van der Waals surface area contributed by atoms with Crippen molar-refractivity contribution < 1.29 is 43.8 Å². The Balaban J connectivity index is 1.60. The topological polar surface area (TPSA) is 351 Å². The van der Waals surface area contributed by atoms with Gasteiger partial charge in [0, 0.05) is 55.5 Å². The zero-order valence-corrected chi connectivity index (χ0v) is 32.6. The zero-order chi connectivity index (χ0) is 43.6. The summed E-state index contributed by atoms with van der Waals surface area (Å²) in [4.78, 5) is 106. The molecule has 1 aliphatic heterocycles. The number of para-hydroxylation sites is 1. The molecule has 4 rings (SSSR count). The van der Waals surface area contributed by atoms with Crippen molar-refractivity contribution in [3.63, 3.8) is 0 Å². The van der Waals surface area contributed by atoms with Gasteiger partial charge in [0.1, 0.15) is 37.1 Å². The molecular weight excluding hydrogens is 781 g/mol. The summed E-state index contributed by atoms with van der Waals surface area (Å²) >= 11 is 0. The van der Waals surface area contributed by atoms with Crippen LogP contribution in [-0.4, -0.2) is 125 Å². The number of benzene rings is 2. The maximum absolute atomic E-state index is 14.3. The Morgan fingerprint density at radius 3 is 2.05 bits per heavy atom. The van der Waals surface area contributed by atoms with Crippen molar-refractivity contribution in [1.29, 1.82) is 0 Å². The first-order valence-electron chi connectivity index (χ1n) is 19.1. The first-order valence-corrected chi connectivity index (χ1v) is 19.1. The van der Waals surface area contributed by atoms with E-state index in [1.54, 1.807) is 42.6 Å². The molecule has 0 bridgehead atoms. The summed E-state index contributed by atoms with van der Waals surface area (Å²) in [6.45, 7) is -0.638. The maximum Gasteiger partial charge on any atom is 0.322 e. The van der Waals surface area contributed by atoms with Crippen LogP contribution in [0.25, 0.3) is 10.9 Å². The van der Waals surface area contributed by atoms with Gasteiger partial charge in [-0.1, -0.05) is 48.5 Å². The Bertz CT molecular complexity index is 2070. The normalized spacial score (nSPS) is 15.4. The van der Waals surface area contributed by atoms with Crippen molar-refractivity contribution in [2.75, 3.05) is 13.1 Å². The van der Waals surface area contributed by atoms with E-state index >= 15 is 0 Å². The van der Waals surface area contributed by atoms with Gasteiger partial charge >= 0.3 is 11.9 Å². The Morgan fingerprint density at radius 1 is 0.750 bits per heavy atom. The smallest absolute Gasteiger partial charge is 0.322 e. The second-order valence-corrected chi connectivity index (χ2v) is 14.0. The highest BCUT2D eigenvalue weighted by Gasteiger charge is 2.33. The lowest BCUT2D eigenvalue weighted by atomic mass is 10.0. The lowest BCUT2D eigenvalue weighted by Crippen LogP contribution is -2.59. The standard InChI is InChI=1S/C39H50N12O9/c40-26(12-13-32(52)53)34(56)49-31(17-24-19-43-21-47-24)38(60)50-29(15-22-7-2-1-3-8-22)37(59)48-28(11-6-14-44-39(41)42)36(58)51-30(35(57)46-20-33(54)55)16-23-18-45-27-10-5-4-9-25(23)27/h1-5,7-10,18-19,21,24,26,28-31,45H,6,11-17,20,40H2,(H,46,57)(H,48,59)(H,49,56)(H,50,60)(H,51,58)(H,52,53)(H,54,55)(H4,41,42,44)/t24?,26-,28-,29-,30-,31-/m0/s1. The predicted octanol–water partition coefficient (Wildman–Crippen LogP) is -1.79. The quantitative estimate of drug-likeness (QED) is 0.0271. The van der Waals surface area contributed by atoms with Crippen LogP contribution < -0.4 is 43.8 Å². The third kappa shape index (κ3) is 14.7. The molecule has 0 saturated carbocycles. The molecule has 2 heterocycles. The summed E-state index contributed by atoms with van der Waals surface area (Å²) in [5.41, 5.74) is 19.0. The second-order valence-electron chi connectivity index (χ2n) is 14.0. The van der Waals surface area contributed by atoms with Gasteiger partial charge < -0.3 is 59.0 Å². The Hall–Kier alpha value is -7.16.